The molecule has 0 aromatic heterocycles. The molecule has 5 heteroatoms. The molecule has 1 fully saturated rings. The molecule has 0 aliphatic heterocycles. The van der Waals surface area contributed by atoms with Gasteiger partial charge in [0.1, 0.15) is 0 Å². The standard InChI is InChI=1S/C20H24N2O2.ClH/c21-19-7-2-1-5-17(19)10-11-20(23)22-18-6-3-4-16(12-18)14-24-13-15-8-9-15;/h1-7,12,15H,8-11,13-14,21H2,(H,22,23);1H. The zero-order chi connectivity index (χ0) is 16.8. The van der Waals surface area contributed by atoms with Crippen LogP contribution in [0.25, 0.3) is 0 Å². The van der Waals surface area contributed by atoms with Gasteiger partial charge >= 0.3 is 0 Å². The maximum absolute atomic E-state index is 12.1. The molecule has 1 amide bonds. The minimum absolute atomic E-state index is 0. The highest BCUT2D eigenvalue weighted by Crippen LogP contribution is 2.29. The molecule has 1 saturated carbocycles. The van der Waals surface area contributed by atoms with Crippen molar-refractivity contribution >= 4 is 29.7 Å². The summed E-state index contributed by atoms with van der Waals surface area (Å²) in [5.41, 5.74) is 9.55. The summed E-state index contributed by atoms with van der Waals surface area (Å²) >= 11 is 0. The number of aryl methyl sites for hydroxylation is 1. The van der Waals surface area contributed by atoms with Gasteiger partial charge < -0.3 is 15.8 Å². The predicted octanol–water partition coefficient (Wildman–Crippen LogP) is 4.19. The third kappa shape index (κ3) is 6.40. The number of nitrogens with one attached hydrogen (secondary N) is 1. The minimum Gasteiger partial charge on any atom is -0.399 e. The van der Waals surface area contributed by atoms with Crippen LogP contribution in [0.4, 0.5) is 11.4 Å². The van der Waals surface area contributed by atoms with Crippen LogP contribution in [-0.4, -0.2) is 12.5 Å². The van der Waals surface area contributed by atoms with E-state index in [0.29, 0.717) is 19.4 Å². The van der Waals surface area contributed by atoms with E-state index >= 15 is 0 Å². The number of carbonyl (C=O) groups is 1. The van der Waals surface area contributed by atoms with Crippen molar-refractivity contribution in [1.29, 1.82) is 0 Å². The predicted molar refractivity (Wildman–Crippen MR) is 104 cm³/mol. The van der Waals surface area contributed by atoms with E-state index in [1.807, 2.05) is 48.5 Å². The Morgan fingerprint density at radius 3 is 2.72 bits per heavy atom. The Morgan fingerprint density at radius 1 is 1.16 bits per heavy atom. The van der Waals surface area contributed by atoms with Gasteiger partial charge in [0, 0.05) is 24.4 Å². The molecule has 0 heterocycles. The lowest BCUT2D eigenvalue weighted by Gasteiger charge is -2.09. The second kappa shape index (κ2) is 9.44. The lowest BCUT2D eigenvalue weighted by molar-refractivity contribution is -0.116. The Balaban J connectivity index is 0.00000225. The van der Waals surface area contributed by atoms with Gasteiger partial charge in [-0.25, -0.2) is 0 Å². The van der Waals surface area contributed by atoms with Gasteiger partial charge in [-0.1, -0.05) is 30.3 Å². The molecule has 1 aliphatic carbocycles. The summed E-state index contributed by atoms with van der Waals surface area (Å²) in [5.74, 6) is 0.757. The second-order valence-electron chi connectivity index (χ2n) is 6.41. The van der Waals surface area contributed by atoms with E-state index in [1.165, 1.54) is 12.8 Å². The van der Waals surface area contributed by atoms with Crippen LogP contribution in [0.1, 0.15) is 30.4 Å². The normalized spacial score (nSPS) is 13.1. The number of nitrogen functional groups attached to an aromatic ring is 1. The molecule has 1 aliphatic rings. The molecule has 0 atom stereocenters. The maximum Gasteiger partial charge on any atom is 0.224 e. The fourth-order valence-corrected chi connectivity index (χ4v) is 2.60. The highest BCUT2D eigenvalue weighted by Gasteiger charge is 2.21. The SMILES string of the molecule is Cl.Nc1ccccc1CCC(=O)Nc1cccc(COCC2CC2)c1. The molecule has 134 valence electrons. The molecule has 0 saturated heterocycles. The molecule has 0 spiro atoms. The molecule has 0 bridgehead atoms. The fraction of sp³-hybridized carbons (Fsp3) is 0.350. The number of benzene rings is 2. The first-order chi connectivity index (χ1) is 11.7. The van der Waals surface area contributed by atoms with Crippen molar-refractivity contribution in [2.75, 3.05) is 17.7 Å². The second-order valence-corrected chi connectivity index (χ2v) is 6.41. The van der Waals surface area contributed by atoms with Crippen molar-refractivity contribution < 1.29 is 9.53 Å². The largest absolute Gasteiger partial charge is 0.399 e. The number of hydrogen-bond acceptors (Lipinski definition) is 3. The monoisotopic (exact) mass is 360 g/mol. The molecule has 25 heavy (non-hydrogen) atoms. The van der Waals surface area contributed by atoms with Gasteiger partial charge in [-0.15, -0.1) is 12.4 Å². The first-order valence-electron chi connectivity index (χ1n) is 8.50. The maximum atomic E-state index is 12.1. The number of anilines is 2. The first kappa shape index (κ1) is 19.3. The van der Waals surface area contributed by atoms with Crippen molar-refractivity contribution in [2.24, 2.45) is 5.92 Å². The van der Waals surface area contributed by atoms with E-state index in [4.69, 9.17) is 10.5 Å². The average molecular weight is 361 g/mol. The van der Waals surface area contributed by atoms with Gasteiger partial charge in [-0.05, 0) is 54.5 Å². The summed E-state index contributed by atoms with van der Waals surface area (Å²) in [7, 11) is 0. The van der Waals surface area contributed by atoms with Gasteiger partial charge in [0.15, 0.2) is 0 Å². The van der Waals surface area contributed by atoms with E-state index in [2.05, 4.69) is 5.32 Å². The van der Waals surface area contributed by atoms with E-state index in [0.717, 1.165) is 35.0 Å². The topological polar surface area (TPSA) is 64.4 Å². The quantitative estimate of drug-likeness (QED) is 0.694. The molecular weight excluding hydrogens is 336 g/mol. The molecule has 3 rings (SSSR count). The zero-order valence-electron chi connectivity index (χ0n) is 14.2. The van der Waals surface area contributed by atoms with Gasteiger partial charge in [0.2, 0.25) is 5.91 Å². The number of amides is 1. The van der Waals surface area contributed by atoms with E-state index in [9.17, 15) is 4.79 Å². The lowest BCUT2D eigenvalue weighted by atomic mass is 10.1. The third-order valence-electron chi connectivity index (χ3n) is 4.21. The summed E-state index contributed by atoms with van der Waals surface area (Å²) in [6.45, 7) is 1.44. The Labute approximate surface area is 155 Å². The Hall–Kier alpha value is -2.04. The summed E-state index contributed by atoms with van der Waals surface area (Å²) < 4.78 is 5.70. The van der Waals surface area contributed by atoms with Crippen LogP contribution in [0.2, 0.25) is 0 Å². The Kier molecular flexibility index (Phi) is 7.29. The van der Waals surface area contributed by atoms with Crippen molar-refractivity contribution in [3.8, 4) is 0 Å². The molecule has 2 aromatic carbocycles. The number of halogens is 1. The summed E-state index contributed by atoms with van der Waals surface area (Å²) in [6, 6.07) is 15.5. The average Bonchev–Trinajstić information content (AvgIpc) is 3.39. The molecule has 0 radical (unpaired) electrons. The van der Waals surface area contributed by atoms with Crippen LogP contribution < -0.4 is 11.1 Å². The summed E-state index contributed by atoms with van der Waals surface area (Å²) in [4.78, 5) is 12.1. The van der Waals surface area contributed by atoms with Crippen molar-refractivity contribution in [3.05, 3.63) is 59.7 Å². The van der Waals surface area contributed by atoms with Crippen LogP contribution in [0.15, 0.2) is 48.5 Å². The van der Waals surface area contributed by atoms with Gasteiger partial charge in [-0.3, -0.25) is 4.79 Å². The zero-order valence-corrected chi connectivity index (χ0v) is 15.1. The molecule has 2 aromatic rings. The number of hydrogen-bond donors (Lipinski definition) is 2. The van der Waals surface area contributed by atoms with Crippen LogP contribution in [0, 0.1) is 5.92 Å². The van der Waals surface area contributed by atoms with Crippen LogP contribution in [-0.2, 0) is 22.6 Å². The Morgan fingerprint density at radius 2 is 1.96 bits per heavy atom. The number of ether oxygens (including phenoxy) is 1. The van der Waals surface area contributed by atoms with Crippen LogP contribution >= 0.6 is 12.4 Å². The number of carbonyl (C=O) groups excluding carboxylic acids is 1. The van der Waals surface area contributed by atoms with E-state index in [1.54, 1.807) is 0 Å². The van der Waals surface area contributed by atoms with Crippen molar-refractivity contribution in [3.63, 3.8) is 0 Å². The first-order valence-corrected chi connectivity index (χ1v) is 8.50. The van der Waals surface area contributed by atoms with E-state index < -0.39 is 0 Å². The molecule has 0 unspecified atom stereocenters. The van der Waals surface area contributed by atoms with Crippen LogP contribution in [0.5, 0.6) is 0 Å². The molecule has 3 N–H and O–H groups in total. The highest BCUT2D eigenvalue weighted by atomic mass is 35.5. The third-order valence-corrected chi connectivity index (χ3v) is 4.21. The van der Waals surface area contributed by atoms with Crippen molar-refractivity contribution in [1.82, 2.24) is 0 Å². The fourth-order valence-electron chi connectivity index (χ4n) is 2.60. The Bertz CT molecular complexity index is 702. The van der Waals surface area contributed by atoms with E-state index in [-0.39, 0.29) is 18.3 Å². The highest BCUT2D eigenvalue weighted by molar-refractivity contribution is 5.91. The molecular formula is C20H25ClN2O2. The molecule has 4 nitrogen and oxygen atoms in total. The smallest absolute Gasteiger partial charge is 0.224 e. The minimum atomic E-state index is -0.00528. The van der Waals surface area contributed by atoms with Crippen molar-refractivity contribution in [2.45, 2.75) is 32.3 Å². The van der Waals surface area contributed by atoms with Gasteiger partial charge in [0.05, 0.1) is 6.61 Å². The number of rotatable bonds is 8. The van der Waals surface area contributed by atoms with Crippen LogP contribution in [0.3, 0.4) is 0 Å². The lowest BCUT2D eigenvalue weighted by Crippen LogP contribution is -2.13. The number of para-hydroxylation sites is 1. The number of nitrogens with two attached hydrogens (primary N) is 1. The summed E-state index contributed by atoms with van der Waals surface area (Å²) in [5, 5.41) is 2.95. The van der Waals surface area contributed by atoms with Gasteiger partial charge in [-0.2, -0.15) is 0 Å². The van der Waals surface area contributed by atoms with Gasteiger partial charge in [0.25, 0.3) is 0 Å². The summed E-state index contributed by atoms with van der Waals surface area (Å²) in [6.07, 6.45) is 3.64.